The van der Waals surface area contributed by atoms with E-state index in [2.05, 4.69) is 5.32 Å². The predicted molar refractivity (Wildman–Crippen MR) is 131 cm³/mol. The second kappa shape index (κ2) is 8.71. The van der Waals surface area contributed by atoms with E-state index in [1.807, 2.05) is 96.4 Å². The quantitative estimate of drug-likeness (QED) is 0.471. The second-order valence-electron chi connectivity index (χ2n) is 8.86. The van der Waals surface area contributed by atoms with Gasteiger partial charge in [0.05, 0.1) is 13.7 Å². The van der Waals surface area contributed by atoms with Crippen LogP contribution in [0.5, 0.6) is 5.75 Å². The number of rotatable bonds is 6. The number of nitrogens with zero attached hydrogens (tertiary/aromatic N) is 2. The van der Waals surface area contributed by atoms with Crippen molar-refractivity contribution in [2.45, 2.75) is 32.1 Å². The average molecular weight is 454 g/mol. The number of amides is 2. The Morgan fingerprint density at radius 2 is 1.68 bits per heavy atom. The lowest BCUT2D eigenvalue weighted by molar-refractivity contribution is -0.133. The zero-order chi connectivity index (χ0) is 23.7. The van der Waals surface area contributed by atoms with Crippen molar-refractivity contribution in [1.29, 1.82) is 0 Å². The van der Waals surface area contributed by atoms with Crippen LogP contribution in [0.25, 0.3) is 10.9 Å². The monoisotopic (exact) mass is 453 g/mol. The minimum Gasteiger partial charge on any atom is -0.497 e. The van der Waals surface area contributed by atoms with E-state index in [1.54, 1.807) is 12.0 Å². The Labute approximate surface area is 198 Å². The number of carbonyl (C=O) groups excluding carboxylic acids is 2. The second-order valence-corrected chi connectivity index (χ2v) is 8.86. The summed E-state index contributed by atoms with van der Waals surface area (Å²) in [5.74, 6) is 0.412. The average Bonchev–Trinajstić information content (AvgIpc) is 3.24. The van der Waals surface area contributed by atoms with Crippen LogP contribution >= 0.6 is 0 Å². The molecule has 0 fully saturated rings. The maximum atomic E-state index is 13.8. The number of carbonyl (C=O) groups is 2. The van der Waals surface area contributed by atoms with E-state index >= 15 is 0 Å². The van der Waals surface area contributed by atoms with E-state index in [1.165, 1.54) is 0 Å². The Bertz CT molecular complexity index is 1340. The van der Waals surface area contributed by atoms with Crippen LogP contribution in [0.15, 0.2) is 84.9 Å². The fraction of sp³-hybridized carbons (Fsp3) is 0.214. The zero-order valence-electron chi connectivity index (χ0n) is 19.3. The summed E-state index contributed by atoms with van der Waals surface area (Å²) in [6.45, 7) is 2.95. The summed E-state index contributed by atoms with van der Waals surface area (Å²) in [5.41, 5.74) is 2.43. The normalized spacial score (nSPS) is 17.5. The molecular weight excluding hydrogens is 426 g/mol. The number of ether oxygens (including phenoxy) is 1. The number of hydrogen-bond acceptors (Lipinski definition) is 3. The molecule has 172 valence electrons. The highest BCUT2D eigenvalue weighted by atomic mass is 16.5. The fourth-order valence-electron chi connectivity index (χ4n) is 4.64. The van der Waals surface area contributed by atoms with Crippen molar-refractivity contribution in [3.63, 3.8) is 0 Å². The summed E-state index contributed by atoms with van der Waals surface area (Å²) in [4.78, 5) is 29.2. The van der Waals surface area contributed by atoms with Crippen LogP contribution in [-0.2, 0) is 24.4 Å². The fourth-order valence-corrected chi connectivity index (χ4v) is 4.64. The number of para-hydroxylation sites is 1. The lowest BCUT2D eigenvalue weighted by Gasteiger charge is -2.44. The molecule has 0 aliphatic carbocycles. The molecule has 6 nitrogen and oxygen atoms in total. The molecule has 1 atom stereocenters. The molecule has 1 aliphatic rings. The number of fused-ring (bicyclic) bond motifs is 3. The Morgan fingerprint density at radius 3 is 2.41 bits per heavy atom. The third-order valence-corrected chi connectivity index (χ3v) is 6.62. The SMILES string of the molecule is COc1ccc(CN2C(=O)c3cc4ccccc4n3C[C@]2(C)C(=O)NCc2ccccc2)cc1. The molecule has 1 N–H and O–H groups in total. The van der Waals surface area contributed by atoms with Gasteiger partial charge in [-0.2, -0.15) is 0 Å². The molecule has 34 heavy (non-hydrogen) atoms. The minimum absolute atomic E-state index is 0.157. The van der Waals surface area contributed by atoms with Gasteiger partial charge >= 0.3 is 0 Å². The topological polar surface area (TPSA) is 63.6 Å². The first-order chi connectivity index (χ1) is 16.5. The van der Waals surface area contributed by atoms with Crippen molar-refractivity contribution < 1.29 is 14.3 Å². The first-order valence-corrected chi connectivity index (χ1v) is 11.3. The highest BCUT2D eigenvalue weighted by Gasteiger charge is 2.47. The van der Waals surface area contributed by atoms with Crippen LogP contribution in [-0.4, -0.2) is 33.9 Å². The van der Waals surface area contributed by atoms with Crippen molar-refractivity contribution in [3.8, 4) is 5.75 Å². The number of benzene rings is 3. The van der Waals surface area contributed by atoms with E-state index in [4.69, 9.17) is 4.74 Å². The predicted octanol–water partition coefficient (Wildman–Crippen LogP) is 4.38. The maximum absolute atomic E-state index is 13.8. The van der Waals surface area contributed by atoms with Crippen LogP contribution in [0.2, 0.25) is 0 Å². The smallest absolute Gasteiger partial charge is 0.271 e. The first-order valence-electron chi connectivity index (χ1n) is 11.3. The molecule has 0 unspecified atom stereocenters. The maximum Gasteiger partial charge on any atom is 0.271 e. The summed E-state index contributed by atoms with van der Waals surface area (Å²) < 4.78 is 7.24. The van der Waals surface area contributed by atoms with Gasteiger partial charge in [0.1, 0.15) is 17.0 Å². The number of hydrogen-bond donors (Lipinski definition) is 1. The summed E-state index contributed by atoms with van der Waals surface area (Å²) >= 11 is 0. The lowest BCUT2D eigenvalue weighted by atomic mass is 9.93. The van der Waals surface area contributed by atoms with Gasteiger partial charge in [0, 0.05) is 24.0 Å². The third-order valence-electron chi connectivity index (χ3n) is 6.62. The summed E-state index contributed by atoms with van der Waals surface area (Å²) in [6.07, 6.45) is 0. The van der Waals surface area contributed by atoms with Gasteiger partial charge in [-0.3, -0.25) is 9.59 Å². The minimum atomic E-state index is -1.07. The Morgan fingerprint density at radius 1 is 0.971 bits per heavy atom. The zero-order valence-corrected chi connectivity index (χ0v) is 19.3. The van der Waals surface area contributed by atoms with Gasteiger partial charge in [-0.25, -0.2) is 0 Å². The molecule has 1 aromatic heterocycles. The van der Waals surface area contributed by atoms with Crippen LogP contribution in [0.1, 0.15) is 28.5 Å². The van der Waals surface area contributed by atoms with Crippen molar-refractivity contribution in [2.75, 3.05) is 7.11 Å². The van der Waals surface area contributed by atoms with Crippen LogP contribution in [0, 0.1) is 0 Å². The number of nitrogens with one attached hydrogen (secondary N) is 1. The Balaban J connectivity index is 1.52. The van der Waals surface area contributed by atoms with E-state index in [9.17, 15) is 9.59 Å². The molecule has 0 radical (unpaired) electrons. The molecule has 2 heterocycles. The van der Waals surface area contributed by atoms with Crippen molar-refractivity contribution in [2.24, 2.45) is 0 Å². The molecule has 1 aliphatic heterocycles. The molecule has 0 spiro atoms. The first kappa shape index (κ1) is 21.8. The van der Waals surface area contributed by atoms with Gasteiger partial charge in [-0.15, -0.1) is 0 Å². The lowest BCUT2D eigenvalue weighted by Crippen LogP contribution is -2.63. The molecule has 0 saturated heterocycles. The molecule has 0 saturated carbocycles. The number of methoxy groups -OCH3 is 1. The number of aromatic nitrogens is 1. The van der Waals surface area contributed by atoms with E-state index in [0.29, 0.717) is 25.3 Å². The Hall–Kier alpha value is -4.06. The summed E-state index contributed by atoms with van der Waals surface area (Å²) in [5, 5.41) is 4.06. The van der Waals surface area contributed by atoms with Crippen LogP contribution < -0.4 is 10.1 Å². The van der Waals surface area contributed by atoms with Crippen molar-refractivity contribution in [1.82, 2.24) is 14.8 Å². The van der Waals surface area contributed by atoms with Gasteiger partial charge in [0.2, 0.25) is 5.91 Å². The highest BCUT2D eigenvalue weighted by Crippen LogP contribution is 2.33. The summed E-state index contributed by atoms with van der Waals surface area (Å²) in [7, 11) is 1.62. The third kappa shape index (κ3) is 3.81. The van der Waals surface area contributed by atoms with E-state index in [0.717, 1.165) is 27.8 Å². The molecule has 0 bridgehead atoms. The standard InChI is InChI=1S/C28H27N3O3/c1-28(27(33)29-17-20-8-4-3-5-9-20)19-30-24-11-7-6-10-22(24)16-25(30)26(32)31(28)18-21-12-14-23(34-2)15-13-21/h3-16H,17-19H2,1-2H3,(H,29,33)/t28-/m1/s1. The molecule has 3 aromatic carbocycles. The largest absolute Gasteiger partial charge is 0.497 e. The van der Waals surface area contributed by atoms with Crippen molar-refractivity contribution in [3.05, 3.63) is 102 Å². The van der Waals surface area contributed by atoms with Crippen LogP contribution in [0.4, 0.5) is 0 Å². The molecule has 2 amide bonds. The molecule has 5 rings (SSSR count). The van der Waals surface area contributed by atoms with E-state index < -0.39 is 5.54 Å². The molecule has 4 aromatic rings. The molecule has 6 heteroatoms. The van der Waals surface area contributed by atoms with Gasteiger partial charge < -0.3 is 19.5 Å². The highest BCUT2D eigenvalue weighted by molar-refractivity contribution is 6.03. The van der Waals surface area contributed by atoms with Gasteiger partial charge in [-0.1, -0.05) is 60.7 Å². The summed E-state index contributed by atoms with van der Waals surface area (Å²) in [6, 6.07) is 27.2. The van der Waals surface area contributed by atoms with Gasteiger partial charge in [0.15, 0.2) is 0 Å². The van der Waals surface area contributed by atoms with E-state index in [-0.39, 0.29) is 11.8 Å². The molecular formula is C28H27N3O3. The van der Waals surface area contributed by atoms with Gasteiger partial charge in [0.25, 0.3) is 5.91 Å². The van der Waals surface area contributed by atoms with Crippen LogP contribution in [0.3, 0.4) is 0 Å². The van der Waals surface area contributed by atoms with Crippen molar-refractivity contribution >= 4 is 22.7 Å². The Kier molecular flexibility index (Phi) is 5.57. The van der Waals surface area contributed by atoms with Gasteiger partial charge in [-0.05, 0) is 42.3 Å².